The molecule has 32 heavy (non-hydrogen) atoms. The van der Waals surface area contributed by atoms with E-state index in [0.29, 0.717) is 13.1 Å². The van der Waals surface area contributed by atoms with Crippen LogP contribution in [0.1, 0.15) is 38.5 Å². The topological polar surface area (TPSA) is 210 Å². The van der Waals surface area contributed by atoms with Gasteiger partial charge in [-0.2, -0.15) is 0 Å². The fourth-order valence-corrected chi connectivity index (χ4v) is 4.29. The molecular formula is C18H44N2O10Si2. The van der Waals surface area contributed by atoms with Gasteiger partial charge in [0.1, 0.15) is 0 Å². The molecule has 0 aromatic heterocycles. The maximum Gasteiger partial charge on any atom is 0.492 e. The highest BCUT2D eigenvalue weighted by molar-refractivity contribution is 6.56. The molecule has 0 spiro atoms. The molecule has 2 atom stereocenters. The molecule has 0 bridgehead atoms. The summed E-state index contributed by atoms with van der Waals surface area (Å²) in [7, 11) is -8.13. The second-order valence-electron chi connectivity index (χ2n) is 8.18. The second kappa shape index (κ2) is 18.3. The van der Waals surface area contributed by atoms with E-state index in [9.17, 15) is 10.2 Å². The average Bonchev–Trinajstić information content (AvgIpc) is 2.65. The first kappa shape index (κ1) is 32.0. The van der Waals surface area contributed by atoms with Crippen LogP contribution in [0.4, 0.5) is 0 Å². The molecule has 12 nitrogen and oxygen atoms in total. The Kier molecular flexibility index (Phi) is 18.3. The lowest BCUT2D eigenvalue weighted by Gasteiger charge is -2.27. The average molecular weight is 505 g/mol. The van der Waals surface area contributed by atoms with Gasteiger partial charge in [-0.3, -0.25) is 4.90 Å². The van der Waals surface area contributed by atoms with Gasteiger partial charge in [-0.1, -0.05) is 12.8 Å². The summed E-state index contributed by atoms with van der Waals surface area (Å²) < 4.78 is 10.7. The molecule has 0 rings (SSSR count). The second-order valence-corrected chi connectivity index (χ2v) is 12.3. The van der Waals surface area contributed by atoms with Crippen LogP contribution in [0.2, 0.25) is 12.1 Å². The Labute approximate surface area is 192 Å². The molecule has 0 saturated heterocycles. The summed E-state index contributed by atoms with van der Waals surface area (Å²) in [6.07, 6.45) is 2.77. The van der Waals surface area contributed by atoms with Crippen LogP contribution < -0.4 is 5.73 Å². The Morgan fingerprint density at radius 3 is 1.50 bits per heavy atom. The monoisotopic (exact) mass is 504 g/mol. The van der Waals surface area contributed by atoms with Gasteiger partial charge in [0.25, 0.3) is 0 Å². The van der Waals surface area contributed by atoms with E-state index in [1.54, 1.807) is 0 Å². The third kappa shape index (κ3) is 23.1. The Bertz CT molecular complexity index is 409. The standard InChI is InChI=1S/C18H44N2O10Si2/c19-7-3-1-2-4-8-20(13-17(21)15-29-9-5-11-31(23,24)25)14-18(22)16-30-10-6-12-32(26,27)28/h17-18,21-28H,1-16,19H2. The predicted molar refractivity (Wildman–Crippen MR) is 121 cm³/mol. The number of nitrogens with zero attached hydrogens (tertiary/aromatic N) is 1. The molecule has 0 aliphatic heterocycles. The molecule has 0 aliphatic rings. The van der Waals surface area contributed by atoms with Crippen LogP contribution in [0.15, 0.2) is 0 Å². The summed E-state index contributed by atoms with van der Waals surface area (Å²) in [5.41, 5.74) is 5.50. The number of hydrogen-bond acceptors (Lipinski definition) is 12. The minimum atomic E-state index is -4.06. The summed E-state index contributed by atoms with van der Waals surface area (Å²) in [6, 6.07) is -0.245. The van der Waals surface area contributed by atoms with E-state index in [2.05, 4.69) is 0 Å². The van der Waals surface area contributed by atoms with Crippen LogP contribution in [0, 0.1) is 0 Å². The smallest absolute Gasteiger partial charge is 0.390 e. The van der Waals surface area contributed by atoms with Crippen molar-refractivity contribution in [1.29, 1.82) is 0 Å². The van der Waals surface area contributed by atoms with E-state index in [1.807, 2.05) is 4.90 Å². The van der Waals surface area contributed by atoms with Crippen LogP contribution in [0.25, 0.3) is 0 Å². The Balaban J connectivity index is 4.28. The van der Waals surface area contributed by atoms with Gasteiger partial charge in [0, 0.05) is 38.4 Å². The fourth-order valence-electron chi connectivity index (χ4n) is 3.05. The van der Waals surface area contributed by atoms with Gasteiger partial charge in [0.2, 0.25) is 0 Å². The fraction of sp³-hybridized carbons (Fsp3) is 1.00. The zero-order valence-electron chi connectivity index (χ0n) is 18.9. The first-order valence-electron chi connectivity index (χ1n) is 11.2. The lowest BCUT2D eigenvalue weighted by Crippen LogP contribution is -2.41. The number of rotatable bonds is 22. The van der Waals surface area contributed by atoms with Gasteiger partial charge in [-0.05, 0) is 38.8 Å². The van der Waals surface area contributed by atoms with Gasteiger partial charge >= 0.3 is 17.6 Å². The molecule has 0 amide bonds. The molecular weight excluding hydrogens is 460 g/mol. The van der Waals surface area contributed by atoms with Crippen molar-refractivity contribution in [2.45, 2.75) is 62.8 Å². The van der Waals surface area contributed by atoms with Gasteiger partial charge < -0.3 is 54.2 Å². The first-order valence-corrected chi connectivity index (χ1v) is 15.3. The summed E-state index contributed by atoms with van der Waals surface area (Å²) >= 11 is 0. The predicted octanol–water partition coefficient (Wildman–Crippen LogP) is -2.83. The number of ether oxygens (including phenoxy) is 2. The summed E-state index contributed by atoms with van der Waals surface area (Å²) in [5.74, 6) is 0. The first-order chi connectivity index (χ1) is 14.9. The maximum atomic E-state index is 10.3. The summed E-state index contributed by atoms with van der Waals surface area (Å²) in [4.78, 5) is 55.7. The van der Waals surface area contributed by atoms with Crippen molar-refractivity contribution in [3.8, 4) is 0 Å². The van der Waals surface area contributed by atoms with Gasteiger partial charge in [0.05, 0.1) is 25.4 Å². The molecule has 0 aromatic rings. The van der Waals surface area contributed by atoms with E-state index < -0.39 is 29.8 Å². The minimum absolute atomic E-state index is 0.0439. The lowest BCUT2D eigenvalue weighted by atomic mass is 10.1. The number of unbranched alkanes of at least 4 members (excludes halogenated alkanes) is 3. The summed E-state index contributed by atoms with van der Waals surface area (Å²) in [5, 5.41) is 20.5. The van der Waals surface area contributed by atoms with Crippen LogP contribution in [0.5, 0.6) is 0 Å². The van der Waals surface area contributed by atoms with Crippen LogP contribution >= 0.6 is 0 Å². The SMILES string of the molecule is NCCCCCCN(CC(O)COCCC[Si](O)(O)O)CC(O)COCCC[Si](O)(O)O. The minimum Gasteiger partial charge on any atom is -0.390 e. The number of aliphatic hydroxyl groups excluding tert-OH is 2. The van der Waals surface area contributed by atoms with Crippen molar-refractivity contribution in [3.05, 3.63) is 0 Å². The van der Waals surface area contributed by atoms with Crippen LogP contribution in [-0.2, 0) is 9.47 Å². The normalized spacial score (nSPS) is 14.8. The van der Waals surface area contributed by atoms with Crippen molar-refractivity contribution >= 4 is 17.6 Å². The van der Waals surface area contributed by atoms with E-state index >= 15 is 0 Å². The van der Waals surface area contributed by atoms with Crippen molar-refractivity contribution in [1.82, 2.24) is 4.90 Å². The third-order valence-electron chi connectivity index (χ3n) is 4.59. The molecule has 0 aliphatic carbocycles. The highest BCUT2D eigenvalue weighted by Gasteiger charge is 2.26. The zero-order valence-corrected chi connectivity index (χ0v) is 20.9. The molecule has 0 fully saturated rings. The largest absolute Gasteiger partial charge is 0.492 e. The Hall–Kier alpha value is -0.0462. The highest BCUT2D eigenvalue weighted by Crippen LogP contribution is 2.06. The quantitative estimate of drug-likeness (QED) is 0.0540. The Morgan fingerprint density at radius 2 is 1.09 bits per heavy atom. The molecule has 0 aromatic carbocycles. The number of nitrogens with two attached hydrogens (primary N) is 1. The van der Waals surface area contributed by atoms with E-state index in [4.69, 9.17) is 44.0 Å². The van der Waals surface area contributed by atoms with Gasteiger partial charge in [-0.25, -0.2) is 0 Å². The molecule has 10 N–H and O–H groups in total. The van der Waals surface area contributed by atoms with Gasteiger partial charge in [-0.15, -0.1) is 0 Å². The van der Waals surface area contributed by atoms with Crippen LogP contribution in [-0.4, -0.2) is 126 Å². The van der Waals surface area contributed by atoms with Crippen molar-refractivity contribution < 1.29 is 48.5 Å². The van der Waals surface area contributed by atoms with Gasteiger partial charge in [0.15, 0.2) is 0 Å². The van der Waals surface area contributed by atoms with E-state index in [0.717, 1.165) is 25.7 Å². The van der Waals surface area contributed by atoms with Crippen molar-refractivity contribution in [2.75, 3.05) is 52.6 Å². The molecule has 0 saturated carbocycles. The molecule has 0 radical (unpaired) electrons. The number of hydrogen-bond donors (Lipinski definition) is 9. The van der Waals surface area contributed by atoms with E-state index in [-0.39, 0.29) is 64.4 Å². The maximum absolute atomic E-state index is 10.3. The van der Waals surface area contributed by atoms with Crippen molar-refractivity contribution in [2.24, 2.45) is 5.73 Å². The third-order valence-corrected chi connectivity index (χ3v) is 6.64. The van der Waals surface area contributed by atoms with Crippen molar-refractivity contribution in [3.63, 3.8) is 0 Å². The number of aliphatic hydroxyl groups is 2. The highest BCUT2D eigenvalue weighted by atomic mass is 28.4. The molecule has 2 unspecified atom stereocenters. The molecule has 14 heteroatoms. The lowest BCUT2D eigenvalue weighted by molar-refractivity contribution is -0.0107. The Morgan fingerprint density at radius 1 is 0.656 bits per heavy atom. The molecule has 194 valence electrons. The van der Waals surface area contributed by atoms with E-state index in [1.165, 1.54) is 0 Å². The van der Waals surface area contributed by atoms with Crippen LogP contribution in [0.3, 0.4) is 0 Å². The molecule has 0 heterocycles. The zero-order chi connectivity index (χ0) is 24.5. The summed E-state index contributed by atoms with van der Waals surface area (Å²) in [6.45, 7) is 2.32.